The van der Waals surface area contributed by atoms with Gasteiger partial charge in [0.05, 0.1) is 0 Å². The minimum Gasteiger partial charge on any atom is -0.462 e. The highest BCUT2D eigenvalue weighted by Gasteiger charge is 2.19. The van der Waals surface area contributed by atoms with E-state index < -0.39 is 6.10 Å². The average Bonchev–Trinajstić information content (AvgIpc) is 3.29. The summed E-state index contributed by atoms with van der Waals surface area (Å²) < 4.78 is 16.8. The van der Waals surface area contributed by atoms with Crippen LogP contribution in [-0.4, -0.2) is 37.2 Å². The molecule has 0 aliphatic rings. The molecular weight excluding hydrogens is 793 g/mol. The van der Waals surface area contributed by atoms with Crippen molar-refractivity contribution < 1.29 is 28.6 Å². The number of hydrogen-bond donors (Lipinski definition) is 0. The van der Waals surface area contributed by atoms with E-state index in [0.29, 0.717) is 19.3 Å². The fourth-order valence-electron chi connectivity index (χ4n) is 7.47. The van der Waals surface area contributed by atoms with Crippen LogP contribution in [0.3, 0.4) is 0 Å². The highest BCUT2D eigenvalue weighted by atomic mass is 16.6. The molecule has 0 fully saturated rings. The Balaban J connectivity index is 4.37. The van der Waals surface area contributed by atoms with Crippen LogP contribution in [0.1, 0.15) is 258 Å². The highest BCUT2D eigenvalue weighted by Crippen LogP contribution is 2.15. The lowest BCUT2D eigenvalue weighted by Crippen LogP contribution is -2.30. The lowest BCUT2D eigenvalue weighted by molar-refractivity contribution is -0.167. The monoisotopic (exact) mass is 893 g/mol. The molecule has 64 heavy (non-hydrogen) atoms. The molecule has 0 aromatic rings. The first-order valence-corrected chi connectivity index (χ1v) is 27.0. The van der Waals surface area contributed by atoms with Gasteiger partial charge in [0.2, 0.25) is 0 Å². The van der Waals surface area contributed by atoms with E-state index in [1.165, 1.54) is 116 Å². The summed E-state index contributed by atoms with van der Waals surface area (Å²) in [6.45, 7) is 6.38. The molecule has 0 aromatic heterocycles. The fourth-order valence-corrected chi connectivity index (χ4v) is 7.47. The molecule has 0 bridgehead atoms. The molecule has 0 N–H and O–H groups in total. The maximum atomic E-state index is 12.8. The van der Waals surface area contributed by atoms with Gasteiger partial charge in [0, 0.05) is 19.3 Å². The van der Waals surface area contributed by atoms with Crippen LogP contribution in [-0.2, 0) is 28.6 Å². The zero-order valence-corrected chi connectivity index (χ0v) is 42.0. The summed E-state index contributed by atoms with van der Waals surface area (Å²) >= 11 is 0. The first kappa shape index (κ1) is 60.9. The van der Waals surface area contributed by atoms with Crippen LogP contribution in [0.2, 0.25) is 0 Å². The summed E-state index contributed by atoms with van der Waals surface area (Å²) in [4.78, 5) is 38.0. The van der Waals surface area contributed by atoms with Gasteiger partial charge in [-0.3, -0.25) is 14.4 Å². The van der Waals surface area contributed by atoms with Gasteiger partial charge in [-0.15, -0.1) is 0 Å². The van der Waals surface area contributed by atoms with E-state index in [1.54, 1.807) is 0 Å². The molecule has 0 radical (unpaired) electrons. The SMILES string of the molecule is CC/C=C/C=C/C=C/CCCCCCCC(=O)OCC(COC(=O)CCCCCCCCC/C=C/CCCCCCCCCC)OC(=O)CCCCCCCCC/C=C/C/C=C/CC. The van der Waals surface area contributed by atoms with Crippen molar-refractivity contribution >= 4 is 17.9 Å². The first-order chi connectivity index (χ1) is 31.5. The van der Waals surface area contributed by atoms with Gasteiger partial charge in [-0.1, -0.05) is 222 Å². The molecule has 1 unspecified atom stereocenters. The highest BCUT2D eigenvalue weighted by molar-refractivity contribution is 5.71. The van der Waals surface area contributed by atoms with Crippen LogP contribution >= 0.6 is 0 Å². The Labute approximate surface area is 395 Å². The topological polar surface area (TPSA) is 78.9 Å². The normalized spacial score (nSPS) is 12.6. The van der Waals surface area contributed by atoms with Crippen LogP contribution in [0.15, 0.2) is 72.9 Å². The second-order valence-corrected chi connectivity index (χ2v) is 17.8. The minimum absolute atomic E-state index is 0.0876. The van der Waals surface area contributed by atoms with Crippen molar-refractivity contribution in [2.45, 2.75) is 264 Å². The number of hydrogen-bond acceptors (Lipinski definition) is 6. The summed E-state index contributed by atoms with van der Waals surface area (Å²) in [6.07, 6.45) is 66.0. The van der Waals surface area contributed by atoms with Crippen molar-refractivity contribution in [3.63, 3.8) is 0 Å². The Bertz CT molecular complexity index is 1210. The lowest BCUT2D eigenvalue weighted by Gasteiger charge is -2.18. The smallest absolute Gasteiger partial charge is 0.306 e. The van der Waals surface area contributed by atoms with E-state index in [1.807, 2.05) is 0 Å². The van der Waals surface area contributed by atoms with Crippen LogP contribution in [0.4, 0.5) is 0 Å². The number of unbranched alkanes of at least 4 members (excludes halogenated alkanes) is 27. The van der Waals surface area contributed by atoms with E-state index >= 15 is 0 Å². The molecule has 1 atom stereocenters. The third-order valence-electron chi connectivity index (χ3n) is 11.5. The van der Waals surface area contributed by atoms with E-state index in [9.17, 15) is 14.4 Å². The molecule has 0 aromatic carbocycles. The summed E-state index contributed by atoms with van der Waals surface area (Å²) in [5.41, 5.74) is 0. The van der Waals surface area contributed by atoms with E-state index in [2.05, 4.69) is 93.7 Å². The second kappa shape index (κ2) is 52.5. The molecule has 368 valence electrons. The standard InChI is InChI=1S/C58H100O6/c1-4-7-10-13-16-19-22-25-27-28-29-30-31-34-36-39-42-45-48-51-57(60)63-54-55(53-62-56(59)50-47-44-41-38-35-32-24-21-18-15-12-9-6-3)64-58(61)52-49-46-43-40-37-33-26-23-20-17-14-11-8-5-2/h8-9,11-12,15,17-18,20-21,24,28-29,55H,4-7,10,13-14,16,19,22-23,25-27,30-54H2,1-3H3/b11-8+,12-9+,18-15+,20-17+,24-21+,29-28+. The van der Waals surface area contributed by atoms with Gasteiger partial charge in [0.15, 0.2) is 6.10 Å². The van der Waals surface area contributed by atoms with Crippen LogP contribution in [0, 0.1) is 0 Å². The molecule has 6 heteroatoms. The van der Waals surface area contributed by atoms with Crippen LogP contribution < -0.4 is 0 Å². The lowest BCUT2D eigenvalue weighted by atomic mass is 10.1. The number of esters is 3. The van der Waals surface area contributed by atoms with Gasteiger partial charge in [0.1, 0.15) is 13.2 Å². The molecule has 0 saturated heterocycles. The molecule has 0 saturated carbocycles. The first-order valence-electron chi connectivity index (χ1n) is 27.0. The van der Waals surface area contributed by atoms with Crippen LogP contribution in [0.25, 0.3) is 0 Å². The third-order valence-corrected chi connectivity index (χ3v) is 11.5. The minimum atomic E-state index is -0.789. The number of carbonyl (C=O) groups excluding carboxylic acids is 3. The predicted octanol–water partition coefficient (Wildman–Crippen LogP) is 17.8. The number of ether oxygens (including phenoxy) is 3. The molecule has 0 aliphatic carbocycles. The third kappa shape index (κ3) is 49.9. The number of rotatable bonds is 48. The summed E-state index contributed by atoms with van der Waals surface area (Å²) in [5.74, 6) is -0.918. The number of allylic oxidation sites excluding steroid dienone is 12. The predicted molar refractivity (Wildman–Crippen MR) is 274 cm³/mol. The summed E-state index contributed by atoms with van der Waals surface area (Å²) in [6, 6.07) is 0. The quantitative estimate of drug-likeness (QED) is 0.0199. The summed E-state index contributed by atoms with van der Waals surface area (Å²) in [5, 5.41) is 0. The molecule has 0 amide bonds. The second-order valence-electron chi connectivity index (χ2n) is 17.8. The molecule has 0 spiro atoms. The van der Waals surface area contributed by atoms with Crippen molar-refractivity contribution in [1.29, 1.82) is 0 Å². The molecule has 0 aliphatic heterocycles. The fraction of sp³-hybridized carbons (Fsp3) is 0.741. The van der Waals surface area contributed by atoms with Gasteiger partial charge in [-0.2, -0.15) is 0 Å². The van der Waals surface area contributed by atoms with E-state index in [-0.39, 0.29) is 31.1 Å². The maximum Gasteiger partial charge on any atom is 0.306 e. The number of carbonyl (C=O) groups is 3. The average molecular weight is 893 g/mol. The van der Waals surface area contributed by atoms with E-state index in [4.69, 9.17) is 14.2 Å². The summed E-state index contributed by atoms with van der Waals surface area (Å²) in [7, 11) is 0. The Morgan fingerprint density at radius 2 is 0.688 bits per heavy atom. The van der Waals surface area contributed by atoms with Crippen LogP contribution in [0.5, 0.6) is 0 Å². The zero-order valence-electron chi connectivity index (χ0n) is 42.0. The van der Waals surface area contributed by atoms with Crippen molar-refractivity contribution in [2.24, 2.45) is 0 Å². The zero-order chi connectivity index (χ0) is 46.5. The Kier molecular flexibility index (Phi) is 49.9. The van der Waals surface area contributed by atoms with Gasteiger partial charge in [-0.05, 0) is 89.9 Å². The van der Waals surface area contributed by atoms with Crippen molar-refractivity contribution in [3.05, 3.63) is 72.9 Å². The van der Waals surface area contributed by atoms with Gasteiger partial charge >= 0.3 is 17.9 Å². The maximum absolute atomic E-state index is 12.8. The van der Waals surface area contributed by atoms with Crippen molar-refractivity contribution in [2.75, 3.05) is 13.2 Å². The van der Waals surface area contributed by atoms with E-state index in [0.717, 1.165) is 103 Å². The van der Waals surface area contributed by atoms with Gasteiger partial charge in [-0.25, -0.2) is 0 Å². The van der Waals surface area contributed by atoms with Crippen molar-refractivity contribution in [3.8, 4) is 0 Å². The molecule has 0 rings (SSSR count). The Morgan fingerprint density at radius 3 is 1.12 bits per heavy atom. The molecular formula is C58H100O6. The Hall–Kier alpha value is -3.15. The largest absolute Gasteiger partial charge is 0.462 e. The molecule has 0 heterocycles. The van der Waals surface area contributed by atoms with Crippen molar-refractivity contribution in [1.82, 2.24) is 0 Å². The van der Waals surface area contributed by atoms with Gasteiger partial charge in [0.25, 0.3) is 0 Å². The molecule has 6 nitrogen and oxygen atoms in total. The Morgan fingerprint density at radius 1 is 0.344 bits per heavy atom. The van der Waals surface area contributed by atoms with Gasteiger partial charge < -0.3 is 14.2 Å².